The summed E-state index contributed by atoms with van der Waals surface area (Å²) in [6, 6.07) is 1.20. The van der Waals surface area contributed by atoms with E-state index in [-0.39, 0.29) is 17.1 Å². The minimum atomic E-state index is -1.17. The quantitative estimate of drug-likeness (QED) is 0.928. The predicted molar refractivity (Wildman–Crippen MR) is 71.7 cm³/mol. The number of halogens is 1. The number of carboxylic acids is 1. The summed E-state index contributed by atoms with van der Waals surface area (Å²) in [7, 11) is 1.34. The Bertz CT molecular complexity index is 578. The summed E-state index contributed by atoms with van der Waals surface area (Å²) < 4.78 is 30.4. The standard InChI is InChI=1S/C15H17FO5/c1-19-12-9(16)8-10-13(21-7-6-20-10)11(12)15(14(17)18)4-2-3-5-15/h8H,2-7H2,1H3,(H,17,18). The smallest absolute Gasteiger partial charge is 0.314 e. The van der Waals surface area contributed by atoms with Crippen molar-refractivity contribution in [3.63, 3.8) is 0 Å². The van der Waals surface area contributed by atoms with Crippen molar-refractivity contribution in [1.29, 1.82) is 0 Å². The molecule has 0 atom stereocenters. The fraction of sp³-hybridized carbons (Fsp3) is 0.533. The molecule has 114 valence electrons. The number of hydrogen-bond acceptors (Lipinski definition) is 4. The van der Waals surface area contributed by atoms with E-state index in [1.165, 1.54) is 13.2 Å². The van der Waals surface area contributed by atoms with E-state index in [9.17, 15) is 14.3 Å². The molecule has 2 aliphatic rings. The lowest BCUT2D eigenvalue weighted by Crippen LogP contribution is -2.35. The maximum atomic E-state index is 14.3. The molecular formula is C15H17FO5. The molecular weight excluding hydrogens is 279 g/mol. The van der Waals surface area contributed by atoms with E-state index in [1.807, 2.05) is 0 Å². The molecule has 6 heteroatoms. The zero-order valence-corrected chi connectivity index (χ0v) is 11.8. The molecule has 0 amide bonds. The summed E-state index contributed by atoms with van der Waals surface area (Å²) in [6.45, 7) is 0.628. The highest BCUT2D eigenvalue weighted by Crippen LogP contribution is 2.53. The van der Waals surface area contributed by atoms with Gasteiger partial charge in [0.2, 0.25) is 0 Å². The molecule has 1 fully saturated rings. The number of carboxylic acid groups (broad SMARTS) is 1. The number of ether oxygens (including phenoxy) is 3. The Morgan fingerprint density at radius 3 is 2.62 bits per heavy atom. The van der Waals surface area contributed by atoms with Crippen molar-refractivity contribution in [2.75, 3.05) is 20.3 Å². The second kappa shape index (κ2) is 5.09. The summed E-state index contributed by atoms with van der Waals surface area (Å²) in [4.78, 5) is 11.9. The Hall–Kier alpha value is -1.98. The number of rotatable bonds is 3. The molecule has 1 aromatic rings. The van der Waals surface area contributed by atoms with Gasteiger partial charge in [-0.25, -0.2) is 4.39 Å². The number of methoxy groups -OCH3 is 1. The SMILES string of the molecule is COc1c(F)cc2c(c1C1(C(=O)O)CCCC1)OCCO2. The molecule has 3 rings (SSSR count). The van der Waals surface area contributed by atoms with Gasteiger partial charge in [0.1, 0.15) is 18.6 Å². The van der Waals surface area contributed by atoms with Crippen molar-refractivity contribution >= 4 is 5.97 Å². The van der Waals surface area contributed by atoms with Gasteiger partial charge in [-0.05, 0) is 12.8 Å². The van der Waals surface area contributed by atoms with Crippen LogP contribution in [-0.4, -0.2) is 31.4 Å². The average Bonchev–Trinajstić information content (AvgIpc) is 2.96. The molecule has 1 saturated carbocycles. The maximum absolute atomic E-state index is 14.3. The molecule has 0 bridgehead atoms. The van der Waals surface area contributed by atoms with Gasteiger partial charge >= 0.3 is 5.97 Å². The number of aliphatic carboxylic acids is 1. The third-order valence-corrected chi connectivity index (χ3v) is 4.29. The number of hydrogen-bond donors (Lipinski definition) is 1. The van der Waals surface area contributed by atoms with Gasteiger partial charge in [0.05, 0.1) is 12.7 Å². The van der Waals surface area contributed by atoms with Crippen LogP contribution in [0, 0.1) is 5.82 Å². The molecule has 0 aromatic heterocycles. The summed E-state index contributed by atoms with van der Waals surface area (Å²) in [6.07, 6.45) is 2.44. The lowest BCUT2D eigenvalue weighted by Gasteiger charge is -2.31. The summed E-state index contributed by atoms with van der Waals surface area (Å²) in [5, 5.41) is 9.76. The van der Waals surface area contributed by atoms with Crippen LogP contribution in [0.25, 0.3) is 0 Å². The molecule has 0 unspecified atom stereocenters. The predicted octanol–water partition coefficient (Wildman–Crippen LogP) is 2.50. The normalized spacial score (nSPS) is 19.3. The van der Waals surface area contributed by atoms with Crippen LogP contribution in [-0.2, 0) is 10.2 Å². The molecule has 0 spiro atoms. The molecule has 5 nitrogen and oxygen atoms in total. The van der Waals surface area contributed by atoms with Crippen molar-refractivity contribution in [2.45, 2.75) is 31.1 Å². The van der Waals surface area contributed by atoms with Crippen LogP contribution in [0.3, 0.4) is 0 Å². The van der Waals surface area contributed by atoms with Crippen molar-refractivity contribution in [2.24, 2.45) is 0 Å². The third kappa shape index (κ3) is 2.01. The van der Waals surface area contributed by atoms with E-state index in [1.54, 1.807) is 0 Å². The van der Waals surface area contributed by atoms with Crippen LogP contribution in [0.4, 0.5) is 4.39 Å². The molecule has 21 heavy (non-hydrogen) atoms. The van der Waals surface area contributed by atoms with Gasteiger partial charge in [-0.15, -0.1) is 0 Å². The molecule has 1 heterocycles. The largest absolute Gasteiger partial charge is 0.493 e. The molecule has 1 aliphatic carbocycles. The Morgan fingerprint density at radius 2 is 2.00 bits per heavy atom. The second-order valence-corrected chi connectivity index (χ2v) is 5.39. The highest BCUT2D eigenvalue weighted by molar-refractivity contribution is 5.85. The fourth-order valence-electron chi connectivity index (χ4n) is 3.32. The Morgan fingerprint density at radius 1 is 1.33 bits per heavy atom. The average molecular weight is 296 g/mol. The number of benzene rings is 1. The number of fused-ring (bicyclic) bond motifs is 1. The van der Waals surface area contributed by atoms with Crippen molar-refractivity contribution in [3.8, 4) is 17.2 Å². The Labute approximate surface area is 121 Å². The molecule has 1 N–H and O–H groups in total. The van der Waals surface area contributed by atoms with E-state index < -0.39 is 17.2 Å². The second-order valence-electron chi connectivity index (χ2n) is 5.39. The summed E-state index contributed by atoms with van der Waals surface area (Å²) in [5.41, 5.74) is -0.886. The van der Waals surface area contributed by atoms with Crippen LogP contribution in [0.5, 0.6) is 17.2 Å². The summed E-state index contributed by atoms with van der Waals surface area (Å²) in [5.74, 6) is -1.08. The van der Waals surface area contributed by atoms with Crippen molar-refractivity contribution in [1.82, 2.24) is 0 Å². The minimum Gasteiger partial charge on any atom is -0.493 e. The Kier molecular flexibility index (Phi) is 3.39. The third-order valence-electron chi connectivity index (χ3n) is 4.29. The van der Waals surface area contributed by atoms with Gasteiger partial charge in [0, 0.05) is 6.07 Å². The lowest BCUT2D eigenvalue weighted by atomic mass is 9.77. The highest BCUT2D eigenvalue weighted by atomic mass is 19.1. The van der Waals surface area contributed by atoms with E-state index >= 15 is 0 Å². The fourth-order valence-corrected chi connectivity index (χ4v) is 3.32. The molecule has 1 aromatic carbocycles. The molecule has 0 saturated heterocycles. The monoisotopic (exact) mass is 296 g/mol. The van der Waals surface area contributed by atoms with Crippen LogP contribution in [0.2, 0.25) is 0 Å². The van der Waals surface area contributed by atoms with Gasteiger partial charge in [0.25, 0.3) is 0 Å². The zero-order chi connectivity index (χ0) is 15.0. The summed E-state index contributed by atoms with van der Waals surface area (Å²) >= 11 is 0. The lowest BCUT2D eigenvalue weighted by molar-refractivity contribution is -0.143. The van der Waals surface area contributed by atoms with Gasteiger partial charge in [0.15, 0.2) is 23.1 Å². The van der Waals surface area contributed by atoms with Gasteiger partial charge in [-0.3, -0.25) is 4.79 Å². The first-order chi connectivity index (χ1) is 10.1. The van der Waals surface area contributed by atoms with E-state index in [4.69, 9.17) is 14.2 Å². The van der Waals surface area contributed by atoms with Gasteiger partial charge in [-0.2, -0.15) is 0 Å². The van der Waals surface area contributed by atoms with E-state index in [0.29, 0.717) is 31.8 Å². The van der Waals surface area contributed by atoms with Crippen LogP contribution in [0.15, 0.2) is 6.07 Å². The van der Waals surface area contributed by atoms with Crippen molar-refractivity contribution < 1.29 is 28.5 Å². The van der Waals surface area contributed by atoms with Crippen LogP contribution >= 0.6 is 0 Å². The molecule has 0 radical (unpaired) electrons. The van der Waals surface area contributed by atoms with Crippen LogP contribution < -0.4 is 14.2 Å². The first-order valence-electron chi connectivity index (χ1n) is 7.00. The van der Waals surface area contributed by atoms with Gasteiger partial charge in [-0.1, -0.05) is 12.8 Å². The van der Waals surface area contributed by atoms with Crippen molar-refractivity contribution in [3.05, 3.63) is 17.4 Å². The first kappa shape index (κ1) is 14.0. The highest BCUT2D eigenvalue weighted by Gasteiger charge is 2.49. The van der Waals surface area contributed by atoms with Gasteiger partial charge < -0.3 is 19.3 Å². The first-order valence-corrected chi connectivity index (χ1v) is 7.00. The molecule has 1 aliphatic heterocycles. The zero-order valence-electron chi connectivity index (χ0n) is 11.8. The Balaban J connectivity index is 2.28. The minimum absolute atomic E-state index is 0.0523. The number of carbonyl (C=O) groups is 1. The maximum Gasteiger partial charge on any atom is 0.314 e. The van der Waals surface area contributed by atoms with E-state index in [0.717, 1.165) is 12.8 Å². The van der Waals surface area contributed by atoms with E-state index in [2.05, 4.69) is 0 Å². The topological polar surface area (TPSA) is 65.0 Å². The van der Waals surface area contributed by atoms with Crippen LogP contribution in [0.1, 0.15) is 31.2 Å².